The van der Waals surface area contributed by atoms with E-state index in [1.807, 2.05) is 53.4 Å². The number of piperidine rings is 1. The third-order valence-electron chi connectivity index (χ3n) is 9.69. The summed E-state index contributed by atoms with van der Waals surface area (Å²) in [6.45, 7) is 8.43. The molecule has 4 aliphatic rings. The van der Waals surface area contributed by atoms with Crippen LogP contribution in [0.1, 0.15) is 63.6 Å². The summed E-state index contributed by atoms with van der Waals surface area (Å²) in [5, 5.41) is 0. The number of carbonyl (C=O) groups excluding carboxylic acids is 3. The van der Waals surface area contributed by atoms with Gasteiger partial charge in [-0.3, -0.25) is 19.3 Å². The van der Waals surface area contributed by atoms with Crippen LogP contribution in [-0.2, 0) is 31.0 Å². The minimum atomic E-state index is -0.827. The van der Waals surface area contributed by atoms with Gasteiger partial charge in [0.15, 0.2) is 11.5 Å². The molecule has 2 heterocycles. The van der Waals surface area contributed by atoms with E-state index in [0.29, 0.717) is 43.7 Å². The number of likely N-dealkylation sites (tertiary alicyclic amines) is 1. The number of nitrogens with zero attached hydrogens (tertiary/aromatic N) is 2. The Balaban J connectivity index is 1.50. The minimum absolute atomic E-state index is 0.0348. The highest BCUT2D eigenvalue weighted by Gasteiger charge is 2.75. The predicted octanol–water partition coefficient (Wildman–Crippen LogP) is 4.53. The molecule has 2 aromatic carbocycles. The molecular formula is C34H40N2O6. The molecule has 5 atom stereocenters. The van der Waals surface area contributed by atoms with Gasteiger partial charge in [-0.15, -0.1) is 0 Å². The van der Waals surface area contributed by atoms with Crippen LogP contribution in [0.3, 0.4) is 0 Å². The predicted molar refractivity (Wildman–Crippen MR) is 158 cm³/mol. The van der Waals surface area contributed by atoms with Crippen molar-refractivity contribution in [3.8, 4) is 11.5 Å². The molecule has 8 heteroatoms. The first-order valence-corrected chi connectivity index (χ1v) is 15.0. The summed E-state index contributed by atoms with van der Waals surface area (Å²) in [4.78, 5) is 43.2. The summed E-state index contributed by atoms with van der Waals surface area (Å²) >= 11 is 0. The largest absolute Gasteiger partial charge is 0.483 e. The number of esters is 2. The van der Waals surface area contributed by atoms with Gasteiger partial charge >= 0.3 is 11.9 Å². The topological polar surface area (TPSA) is 85.4 Å². The lowest BCUT2D eigenvalue weighted by Gasteiger charge is -2.65. The maximum Gasteiger partial charge on any atom is 0.308 e. The van der Waals surface area contributed by atoms with Gasteiger partial charge in [0.05, 0.1) is 17.5 Å². The summed E-state index contributed by atoms with van der Waals surface area (Å²) in [6, 6.07) is 13.3. The van der Waals surface area contributed by atoms with Gasteiger partial charge in [0.25, 0.3) is 0 Å². The summed E-state index contributed by atoms with van der Waals surface area (Å²) in [6.07, 6.45) is 5.65. The smallest absolute Gasteiger partial charge is 0.308 e. The van der Waals surface area contributed by atoms with Gasteiger partial charge in [0.2, 0.25) is 5.91 Å². The van der Waals surface area contributed by atoms with E-state index in [-0.39, 0.29) is 29.9 Å². The normalized spacial score (nSPS) is 29.1. The van der Waals surface area contributed by atoms with Crippen molar-refractivity contribution in [2.45, 2.75) is 82.6 Å². The molecule has 2 aliphatic heterocycles. The maximum absolute atomic E-state index is 14.0. The van der Waals surface area contributed by atoms with Crippen LogP contribution in [0, 0.1) is 5.92 Å². The second-order valence-electron chi connectivity index (χ2n) is 12.7. The first-order chi connectivity index (χ1) is 20.1. The SMILES string of the molecule is CC(=O)Oc1ccc2c3c1OC1C(N(CC(C)C)C(=O)C=Cc4ccccc4)CC[C@@]4(OC(C)=O)[C@@H](C2)N(C)CC[C@]314. The van der Waals surface area contributed by atoms with E-state index in [1.165, 1.54) is 13.8 Å². The van der Waals surface area contributed by atoms with Gasteiger partial charge in [-0.1, -0.05) is 50.2 Å². The average Bonchev–Trinajstić information content (AvgIpc) is 3.29. The van der Waals surface area contributed by atoms with E-state index in [4.69, 9.17) is 14.2 Å². The number of likely N-dealkylation sites (N-methyl/N-ethyl adjacent to an activating group) is 1. The molecule has 0 N–H and O–H groups in total. The molecule has 0 aromatic heterocycles. The lowest BCUT2D eigenvalue weighted by molar-refractivity contribution is -0.221. The van der Waals surface area contributed by atoms with Gasteiger partial charge < -0.3 is 19.1 Å². The summed E-state index contributed by atoms with van der Waals surface area (Å²) < 4.78 is 19.1. The zero-order valence-corrected chi connectivity index (χ0v) is 25.1. The van der Waals surface area contributed by atoms with E-state index in [0.717, 1.165) is 23.2 Å². The Morgan fingerprint density at radius 3 is 2.55 bits per heavy atom. The fourth-order valence-corrected chi connectivity index (χ4v) is 8.31. The molecule has 1 saturated carbocycles. The molecule has 0 radical (unpaired) electrons. The van der Waals surface area contributed by atoms with Crippen molar-refractivity contribution >= 4 is 23.9 Å². The fourth-order valence-electron chi connectivity index (χ4n) is 8.31. The Hall–Kier alpha value is -3.65. The highest BCUT2D eigenvalue weighted by molar-refractivity contribution is 5.92. The van der Waals surface area contributed by atoms with Gasteiger partial charge in [0, 0.05) is 32.0 Å². The Morgan fingerprint density at radius 1 is 1.10 bits per heavy atom. The highest BCUT2D eigenvalue weighted by Crippen LogP contribution is 2.67. The zero-order chi connectivity index (χ0) is 29.8. The number of hydrogen-bond donors (Lipinski definition) is 0. The van der Waals surface area contributed by atoms with Crippen LogP contribution in [0.4, 0.5) is 0 Å². The highest BCUT2D eigenvalue weighted by atomic mass is 16.6. The van der Waals surface area contributed by atoms with Crippen molar-refractivity contribution in [1.29, 1.82) is 0 Å². The quantitative estimate of drug-likeness (QED) is 0.274. The van der Waals surface area contributed by atoms with Crippen LogP contribution >= 0.6 is 0 Å². The number of benzene rings is 2. The zero-order valence-electron chi connectivity index (χ0n) is 25.1. The number of carbonyl (C=O) groups is 3. The van der Waals surface area contributed by atoms with Crippen LogP contribution in [0.15, 0.2) is 48.5 Å². The molecule has 2 aliphatic carbocycles. The second kappa shape index (κ2) is 10.6. The Bertz CT molecular complexity index is 1440. The lowest BCUT2D eigenvalue weighted by Crippen LogP contribution is -2.79. The van der Waals surface area contributed by atoms with Crippen LogP contribution in [-0.4, -0.2) is 71.6 Å². The average molecular weight is 573 g/mol. The minimum Gasteiger partial charge on any atom is -0.483 e. The van der Waals surface area contributed by atoms with E-state index in [9.17, 15) is 14.4 Å². The van der Waals surface area contributed by atoms with Crippen molar-refractivity contribution in [3.63, 3.8) is 0 Å². The molecule has 2 aromatic rings. The number of amides is 1. The van der Waals surface area contributed by atoms with Gasteiger partial charge in [-0.2, -0.15) is 0 Å². The molecule has 2 fully saturated rings. The first-order valence-electron chi connectivity index (χ1n) is 15.0. The van der Waals surface area contributed by atoms with Crippen molar-refractivity contribution in [2.24, 2.45) is 5.92 Å². The molecule has 2 bridgehead atoms. The molecule has 1 saturated heterocycles. The summed E-state index contributed by atoms with van der Waals surface area (Å²) in [7, 11) is 2.10. The van der Waals surface area contributed by atoms with Gasteiger partial charge in [-0.25, -0.2) is 0 Å². The van der Waals surface area contributed by atoms with Crippen LogP contribution in [0.25, 0.3) is 6.08 Å². The van der Waals surface area contributed by atoms with Gasteiger partial charge in [0.1, 0.15) is 11.7 Å². The number of ether oxygens (including phenoxy) is 3. The van der Waals surface area contributed by atoms with E-state index in [2.05, 4.69) is 25.8 Å². The number of rotatable bonds is 7. The molecule has 6 rings (SSSR count). The third-order valence-corrected chi connectivity index (χ3v) is 9.69. The molecular weight excluding hydrogens is 532 g/mol. The second-order valence-corrected chi connectivity index (χ2v) is 12.7. The fraction of sp³-hybridized carbons (Fsp3) is 0.500. The Labute approximate surface area is 247 Å². The van der Waals surface area contributed by atoms with Crippen molar-refractivity contribution < 1.29 is 28.6 Å². The number of hydrogen-bond acceptors (Lipinski definition) is 7. The van der Waals surface area contributed by atoms with E-state index < -0.39 is 23.1 Å². The van der Waals surface area contributed by atoms with Crippen molar-refractivity contribution in [1.82, 2.24) is 9.80 Å². The van der Waals surface area contributed by atoms with Crippen molar-refractivity contribution in [3.05, 3.63) is 65.2 Å². The van der Waals surface area contributed by atoms with E-state index in [1.54, 1.807) is 6.08 Å². The molecule has 1 amide bonds. The lowest BCUT2D eigenvalue weighted by atomic mass is 9.48. The van der Waals surface area contributed by atoms with Gasteiger partial charge in [-0.05, 0) is 68.5 Å². The van der Waals surface area contributed by atoms with Crippen LogP contribution in [0.2, 0.25) is 0 Å². The summed E-state index contributed by atoms with van der Waals surface area (Å²) in [5.41, 5.74) is 1.55. The van der Waals surface area contributed by atoms with Crippen molar-refractivity contribution in [2.75, 3.05) is 20.1 Å². The first kappa shape index (κ1) is 28.5. The monoisotopic (exact) mass is 572 g/mol. The molecule has 2 unspecified atom stereocenters. The van der Waals surface area contributed by atoms with Crippen LogP contribution < -0.4 is 9.47 Å². The Kier molecular flexibility index (Phi) is 7.16. The molecule has 42 heavy (non-hydrogen) atoms. The Morgan fingerprint density at radius 2 is 1.86 bits per heavy atom. The maximum atomic E-state index is 14.0. The summed E-state index contributed by atoms with van der Waals surface area (Å²) in [5.74, 6) is 0.337. The molecule has 8 nitrogen and oxygen atoms in total. The molecule has 222 valence electrons. The third kappa shape index (κ3) is 4.34. The van der Waals surface area contributed by atoms with E-state index >= 15 is 0 Å². The molecule has 1 spiro atoms. The van der Waals surface area contributed by atoms with Crippen LogP contribution in [0.5, 0.6) is 11.5 Å². The standard InChI is InChI=1S/C34H40N2O6/c1-21(2)20-36(29(39)14-11-24-9-7-6-8-10-24)26-15-16-34(42-23(4)38)28-19-25-12-13-27(40-22(3)37)31-30(25)33(34,32(26)41-31)17-18-35(28)5/h6-14,21,26,28,32H,15-20H2,1-5H3/t26?,28-,32?,33+,34-/m1/s1.